The van der Waals surface area contributed by atoms with E-state index in [1.54, 1.807) is 0 Å². The van der Waals surface area contributed by atoms with E-state index in [2.05, 4.69) is 501 Å². The van der Waals surface area contributed by atoms with Gasteiger partial charge in [0.05, 0.1) is 82.4 Å². The van der Waals surface area contributed by atoms with Crippen molar-refractivity contribution in [2.24, 2.45) is 0 Å². The number of nitrogens with zero attached hydrogens (tertiary/aromatic N) is 6. The minimum atomic E-state index is -1.00. The van der Waals surface area contributed by atoms with Crippen molar-refractivity contribution in [3.63, 3.8) is 0 Å². The van der Waals surface area contributed by atoms with E-state index in [9.17, 15) is 0 Å². The first-order valence-corrected chi connectivity index (χ1v) is 49.4. The summed E-state index contributed by atoms with van der Waals surface area (Å²) in [5, 5.41) is 14.7. The summed E-state index contributed by atoms with van der Waals surface area (Å²) in [6.07, 6.45) is 0. The quantitative estimate of drug-likeness (QED) is 0.159. The molecule has 648 valence electrons. The Morgan fingerprint density at radius 2 is 0.241 bits per heavy atom. The highest BCUT2D eigenvalue weighted by molar-refractivity contribution is 6.19. The second-order valence-electron chi connectivity index (χ2n) is 39.7. The molecule has 0 N–H and O–H groups in total. The molecule has 0 radical (unpaired) electrons. The lowest BCUT2D eigenvalue weighted by Crippen LogP contribution is -2.31. The fourth-order valence-corrected chi connectivity index (χ4v) is 28.8. The first-order valence-electron chi connectivity index (χ1n) is 49.4. The zero-order valence-corrected chi connectivity index (χ0v) is 76.2. The minimum Gasteiger partial charge on any atom is -0.309 e. The molecule has 6 aliphatic rings. The standard InChI is InChI=1S/C135H78N6/c1-16-46-106-97(43-1)127-130(133(106)109-67-61-79(136-115-49-19-4-31-85(115)86-32-5-20-50-116(86)136)73-100(109)101-74-80(62-68-110(101)133)137-117-51-21-6-33-87(117)88-34-7-22-52-118(88)137)128-99-45-3-18-48-108(99)135(113-71-65-83(140-123-57-27-12-39-93(123)94-40-13-28-58-124(94)140)77-104(113)105-78-84(66-72-114(105)135)141-125-59-29-14-41-95(125)96-42-15-30-60-126(96)141)132(128)129-98-44-2-17-47-107(98)134(131(127)129)111-69-63-81(138-119-53-23-8-35-89(119)90-36-9-24-54-120(90)138)75-102(111)103-76-82(64-70-112(103)134)139-121-55-25-10-37-91(121)92-38-11-26-56-122(92)139/h1-78H. The number of para-hydroxylation sites is 12. The average Bonchev–Trinajstić information content (AvgIpc) is 1.44. The highest BCUT2D eigenvalue weighted by atomic mass is 15.0. The number of fused-ring (bicyclic) bond motifs is 51. The van der Waals surface area contributed by atoms with E-state index < -0.39 is 16.2 Å². The third kappa shape index (κ3) is 8.97. The first-order chi connectivity index (χ1) is 70.0. The van der Waals surface area contributed by atoms with E-state index in [-0.39, 0.29) is 0 Å². The molecule has 22 aromatic carbocycles. The van der Waals surface area contributed by atoms with Crippen LogP contribution in [0, 0.1) is 0 Å². The van der Waals surface area contributed by atoms with Crippen LogP contribution in [0.15, 0.2) is 473 Å². The third-order valence-corrected chi connectivity index (χ3v) is 33.8. The fourth-order valence-electron chi connectivity index (χ4n) is 28.8. The van der Waals surface area contributed by atoms with Gasteiger partial charge in [-0.05, 0) is 279 Å². The van der Waals surface area contributed by atoms with Crippen molar-refractivity contribution in [1.29, 1.82) is 0 Å². The van der Waals surface area contributed by atoms with Crippen LogP contribution < -0.4 is 0 Å². The van der Waals surface area contributed by atoms with Gasteiger partial charge in [-0.2, -0.15) is 0 Å². The molecule has 28 aromatic rings. The molecule has 3 spiro atoms. The fraction of sp³-hybridized carbons (Fsp3) is 0.0222. The van der Waals surface area contributed by atoms with Gasteiger partial charge >= 0.3 is 0 Å². The van der Waals surface area contributed by atoms with E-state index in [4.69, 9.17) is 0 Å². The Morgan fingerprint density at radius 3 is 0.397 bits per heavy atom. The summed E-state index contributed by atoms with van der Waals surface area (Å²) < 4.78 is 15.2. The highest BCUT2D eigenvalue weighted by Crippen LogP contribution is 2.78. The van der Waals surface area contributed by atoms with Crippen molar-refractivity contribution < 1.29 is 0 Å². The van der Waals surface area contributed by atoms with Crippen molar-refractivity contribution in [1.82, 2.24) is 27.4 Å². The number of hydrogen-bond donors (Lipinski definition) is 0. The maximum atomic E-state index is 2.60. The average molecular weight is 1780 g/mol. The van der Waals surface area contributed by atoms with Crippen molar-refractivity contribution >= 4 is 131 Å². The molecule has 0 unspecified atom stereocenters. The Balaban J connectivity index is 0.746. The summed E-state index contributed by atoms with van der Waals surface area (Å²) >= 11 is 0. The third-order valence-electron chi connectivity index (χ3n) is 33.8. The second kappa shape index (κ2) is 26.7. The topological polar surface area (TPSA) is 29.6 Å². The summed E-state index contributed by atoms with van der Waals surface area (Å²) in [5.41, 5.74) is 47.9. The van der Waals surface area contributed by atoms with E-state index in [1.807, 2.05) is 0 Å². The summed E-state index contributed by atoms with van der Waals surface area (Å²) in [4.78, 5) is 0. The molecule has 34 rings (SSSR count). The lowest BCUT2D eigenvalue weighted by atomic mass is 9.63. The molecule has 0 bridgehead atoms. The van der Waals surface area contributed by atoms with E-state index in [0.717, 1.165) is 34.1 Å². The normalized spacial score (nSPS) is 14.1. The zero-order valence-electron chi connectivity index (χ0n) is 76.2. The molecule has 6 heterocycles. The van der Waals surface area contributed by atoms with Gasteiger partial charge in [-0.1, -0.05) is 328 Å². The number of hydrogen-bond acceptors (Lipinski definition) is 0. The van der Waals surface area contributed by atoms with Gasteiger partial charge < -0.3 is 27.4 Å². The monoisotopic (exact) mass is 1780 g/mol. The Bertz CT molecular complexity index is 8870. The van der Waals surface area contributed by atoms with Crippen LogP contribution in [0.4, 0.5) is 0 Å². The molecule has 0 saturated carbocycles. The van der Waals surface area contributed by atoms with Gasteiger partial charge in [0.25, 0.3) is 0 Å². The SMILES string of the molecule is c1ccc2c(c1)-c1c(c3c(c4c1C1(c5ccc(-n6c7ccccc7c7ccccc76)cc5-c5cc(-n6c7ccccc7c7ccccc76)ccc51)c1ccccc1-4)C1(c4ccc(-n5c6ccccc6c6ccccc65)cc4-c4cc(-n5c6ccccc6c6ccccc65)ccc41)c1ccccc1-3)C21c2ccc(-n3c4ccccc4c4ccccc43)cc2-c2cc(-n3c4ccccc4c4ccccc43)ccc21. The van der Waals surface area contributed by atoms with Crippen LogP contribution in [-0.4, -0.2) is 27.4 Å². The number of rotatable bonds is 6. The van der Waals surface area contributed by atoms with Gasteiger partial charge in [0, 0.05) is 98.8 Å². The molecule has 0 aliphatic heterocycles. The lowest BCUT2D eigenvalue weighted by molar-refractivity contribution is 0.763. The van der Waals surface area contributed by atoms with Gasteiger partial charge in [0.1, 0.15) is 0 Å². The number of aromatic nitrogens is 6. The largest absolute Gasteiger partial charge is 0.309 e. The maximum Gasteiger partial charge on any atom is 0.0731 e. The first kappa shape index (κ1) is 74.9. The van der Waals surface area contributed by atoms with Crippen LogP contribution in [0.25, 0.3) is 232 Å². The Morgan fingerprint density at radius 1 is 0.113 bits per heavy atom. The van der Waals surface area contributed by atoms with Crippen molar-refractivity contribution in [3.05, 3.63) is 540 Å². The van der Waals surface area contributed by atoms with Crippen LogP contribution in [0.5, 0.6) is 0 Å². The van der Waals surface area contributed by atoms with Crippen LogP contribution >= 0.6 is 0 Å². The van der Waals surface area contributed by atoms with Crippen LogP contribution in [0.2, 0.25) is 0 Å². The maximum absolute atomic E-state index is 2.60. The van der Waals surface area contributed by atoms with Crippen LogP contribution in [0.1, 0.15) is 66.8 Å². The molecule has 6 heteroatoms. The molecular formula is C135H78N6. The molecule has 0 saturated heterocycles. The molecule has 141 heavy (non-hydrogen) atoms. The van der Waals surface area contributed by atoms with Gasteiger partial charge in [-0.15, -0.1) is 0 Å². The van der Waals surface area contributed by atoms with E-state index in [0.29, 0.717) is 0 Å². The summed E-state index contributed by atoms with van der Waals surface area (Å²) in [5.74, 6) is 0. The summed E-state index contributed by atoms with van der Waals surface area (Å²) in [6.45, 7) is 0. The van der Waals surface area contributed by atoms with E-state index in [1.165, 1.54) is 264 Å². The Kier molecular flexibility index (Phi) is 14.2. The predicted molar refractivity (Wildman–Crippen MR) is 581 cm³/mol. The molecule has 0 atom stereocenters. The molecule has 6 nitrogen and oxygen atoms in total. The molecule has 0 amide bonds. The lowest BCUT2D eigenvalue weighted by Gasteiger charge is -2.38. The number of benzene rings is 22. The van der Waals surface area contributed by atoms with E-state index >= 15 is 0 Å². The smallest absolute Gasteiger partial charge is 0.0731 e. The second-order valence-corrected chi connectivity index (χ2v) is 39.7. The molecule has 6 aliphatic carbocycles. The predicted octanol–water partition coefficient (Wildman–Crippen LogP) is 33.3. The van der Waals surface area contributed by atoms with Gasteiger partial charge in [-0.25, -0.2) is 0 Å². The van der Waals surface area contributed by atoms with Crippen LogP contribution in [-0.2, 0) is 16.2 Å². The zero-order chi connectivity index (χ0) is 91.3. The molecule has 6 aromatic heterocycles. The van der Waals surface area contributed by atoms with Crippen LogP contribution in [0.3, 0.4) is 0 Å². The van der Waals surface area contributed by atoms with Gasteiger partial charge in [-0.3, -0.25) is 0 Å². The highest BCUT2D eigenvalue weighted by Gasteiger charge is 2.65. The van der Waals surface area contributed by atoms with Crippen molar-refractivity contribution in [2.75, 3.05) is 0 Å². The van der Waals surface area contributed by atoms with Gasteiger partial charge in [0.15, 0.2) is 0 Å². The summed E-state index contributed by atoms with van der Waals surface area (Å²) in [6, 6.07) is 184. The van der Waals surface area contributed by atoms with Crippen molar-refractivity contribution in [2.45, 2.75) is 16.2 Å². The minimum absolute atomic E-state index is 1.00. The molecule has 0 fully saturated rings. The van der Waals surface area contributed by atoms with Crippen molar-refractivity contribution in [3.8, 4) is 101 Å². The summed E-state index contributed by atoms with van der Waals surface area (Å²) in [7, 11) is 0. The Hall–Kier alpha value is -18.4. The molecular weight excluding hydrogens is 1710 g/mol. The Labute approximate surface area is 809 Å². The van der Waals surface area contributed by atoms with Gasteiger partial charge in [0.2, 0.25) is 0 Å².